The lowest BCUT2D eigenvalue weighted by atomic mass is 10.0. The van der Waals surface area contributed by atoms with E-state index in [2.05, 4.69) is 77.8 Å². The Morgan fingerprint density at radius 2 is 0.884 bits per heavy atom. The molecule has 0 aliphatic heterocycles. The summed E-state index contributed by atoms with van der Waals surface area (Å²) in [5.41, 5.74) is 32.4. The number of hydrogen-bond donors (Lipinski definition) is 17. The maximum absolute atomic E-state index is 13.7. The van der Waals surface area contributed by atoms with Gasteiger partial charge in [0, 0.05) is 31.0 Å². The fraction of sp³-hybridized carbons (Fsp3) is 0.700. The predicted molar refractivity (Wildman–Crippen MR) is 263 cm³/mol. The molecule has 0 saturated carbocycles. The number of nitrogens with one attached hydrogen (secondary N) is 8. The van der Waals surface area contributed by atoms with Gasteiger partial charge in [-0.25, -0.2) is 4.79 Å². The summed E-state index contributed by atoms with van der Waals surface area (Å²) in [4.78, 5) is 138. The number of thiol groups is 2. The lowest BCUT2D eigenvalue weighted by Crippen LogP contribution is -2.61. The Bertz CT molecular complexity index is 1830. The Hall–Kier alpha value is -6.10. The van der Waals surface area contributed by atoms with Crippen LogP contribution in [-0.2, 0) is 47.9 Å². The summed E-state index contributed by atoms with van der Waals surface area (Å²) < 4.78 is 0. The molecule has 69 heavy (non-hydrogen) atoms. The number of carbonyl (C=O) groups is 10. The minimum atomic E-state index is -1.55. The van der Waals surface area contributed by atoms with Crippen LogP contribution < -0.4 is 76.9 Å². The molecule has 0 unspecified atom stereocenters. The zero-order valence-electron chi connectivity index (χ0n) is 39.9. The van der Waals surface area contributed by atoms with Crippen molar-refractivity contribution in [3.8, 4) is 0 Å². The first-order valence-corrected chi connectivity index (χ1v) is 23.4. The van der Waals surface area contributed by atoms with Gasteiger partial charge >= 0.3 is 5.97 Å². The molecule has 0 heterocycles. The minimum absolute atomic E-state index is 0.0165. The first-order chi connectivity index (χ1) is 32.1. The highest BCUT2D eigenvalue weighted by atomic mass is 32.1. The summed E-state index contributed by atoms with van der Waals surface area (Å²) in [5.74, 6) is -10.6. The molecule has 0 spiro atoms. The van der Waals surface area contributed by atoms with Crippen molar-refractivity contribution < 1.29 is 53.1 Å². The fourth-order valence-corrected chi connectivity index (χ4v) is 6.54. The van der Waals surface area contributed by atoms with Gasteiger partial charge in [0.15, 0.2) is 11.9 Å². The van der Waals surface area contributed by atoms with Crippen LogP contribution in [0.3, 0.4) is 0 Å². The minimum Gasteiger partial charge on any atom is -0.480 e. The number of primary amides is 1. The molecule has 9 amide bonds. The van der Waals surface area contributed by atoms with E-state index in [4.69, 9.17) is 34.4 Å². The molecule has 21 N–H and O–H groups in total. The van der Waals surface area contributed by atoms with Gasteiger partial charge in [0.25, 0.3) is 0 Å². The van der Waals surface area contributed by atoms with Crippen molar-refractivity contribution in [2.45, 2.75) is 141 Å². The van der Waals surface area contributed by atoms with E-state index in [9.17, 15) is 53.1 Å². The van der Waals surface area contributed by atoms with Gasteiger partial charge in [-0.2, -0.15) is 25.3 Å². The van der Waals surface area contributed by atoms with E-state index in [0.29, 0.717) is 0 Å². The van der Waals surface area contributed by atoms with Crippen LogP contribution in [0.25, 0.3) is 0 Å². The molecule has 0 aliphatic carbocycles. The molecule has 0 fully saturated rings. The summed E-state index contributed by atoms with van der Waals surface area (Å²) in [7, 11) is 0. The van der Waals surface area contributed by atoms with Gasteiger partial charge in [-0.3, -0.25) is 53.1 Å². The zero-order chi connectivity index (χ0) is 53.1. The van der Waals surface area contributed by atoms with E-state index in [1.54, 1.807) is 13.8 Å². The van der Waals surface area contributed by atoms with Gasteiger partial charge < -0.3 is 82.0 Å². The molecule has 27 nitrogen and oxygen atoms in total. The van der Waals surface area contributed by atoms with Crippen LogP contribution in [0.2, 0.25) is 0 Å². The molecule has 0 aromatic heterocycles. The van der Waals surface area contributed by atoms with Gasteiger partial charge in [0.1, 0.15) is 48.3 Å². The van der Waals surface area contributed by atoms with Gasteiger partial charge in [-0.05, 0) is 64.2 Å². The second-order valence-corrected chi connectivity index (χ2v) is 17.6. The maximum atomic E-state index is 13.7. The van der Waals surface area contributed by atoms with E-state index in [-0.39, 0.29) is 81.0 Å². The van der Waals surface area contributed by atoms with Crippen molar-refractivity contribution in [1.29, 1.82) is 0 Å². The molecule has 0 radical (unpaired) electrons. The van der Waals surface area contributed by atoms with E-state index >= 15 is 0 Å². The Kier molecular flexibility index (Phi) is 29.7. The van der Waals surface area contributed by atoms with Crippen molar-refractivity contribution in [2.24, 2.45) is 56.2 Å². The van der Waals surface area contributed by atoms with Crippen molar-refractivity contribution in [2.75, 3.05) is 24.6 Å². The number of nitrogens with two attached hydrogens (primary N) is 6. The molecule has 29 heteroatoms. The number of amides is 9. The van der Waals surface area contributed by atoms with Crippen LogP contribution in [0.5, 0.6) is 0 Å². The third-order valence-corrected chi connectivity index (χ3v) is 10.6. The van der Waals surface area contributed by atoms with Gasteiger partial charge in [0.2, 0.25) is 53.2 Å². The lowest BCUT2D eigenvalue weighted by Gasteiger charge is -2.28. The number of carbonyl (C=O) groups excluding carboxylic acids is 9. The average Bonchev–Trinajstić information content (AvgIpc) is 3.25. The Morgan fingerprint density at radius 1 is 0.493 bits per heavy atom. The first kappa shape index (κ1) is 62.9. The van der Waals surface area contributed by atoms with Crippen LogP contribution in [-0.4, -0.2) is 155 Å². The molecule has 0 aliphatic rings. The number of guanidine groups is 2. The normalized spacial score (nSPS) is 14.9. The van der Waals surface area contributed by atoms with E-state index in [0.717, 1.165) is 0 Å². The van der Waals surface area contributed by atoms with Gasteiger partial charge in [-0.15, -0.1) is 0 Å². The quantitative estimate of drug-likeness (QED) is 0.0126. The van der Waals surface area contributed by atoms with Crippen LogP contribution in [0.15, 0.2) is 9.98 Å². The summed E-state index contributed by atoms with van der Waals surface area (Å²) in [5, 5.41) is 29.6. The van der Waals surface area contributed by atoms with E-state index < -0.39 is 126 Å². The number of aliphatic imine (C=N–C) groups is 2. The first-order valence-electron chi connectivity index (χ1n) is 22.2. The van der Waals surface area contributed by atoms with Crippen molar-refractivity contribution in [3.05, 3.63) is 0 Å². The Balaban J connectivity index is 6.18. The van der Waals surface area contributed by atoms with Crippen molar-refractivity contribution in [3.63, 3.8) is 0 Å². The molecule has 0 aromatic carbocycles. The van der Waals surface area contributed by atoms with Crippen molar-refractivity contribution >= 4 is 96.3 Å². The molecule has 0 rings (SSSR count). The molecule has 392 valence electrons. The monoisotopic (exact) mass is 1020 g/mol. The third-order valence-electron chi connectivity index (χ3n) is 9.83. The van der Waals surface area contributed by atoms with E-state index in [1.807, 2.05) is 13.8 Å². The van der Waals surface area contributed by atoms with Crippen LogP contribution >= 0.6 is 25.3 Å². The Labute approximate surface area is 412 Å². The largest absolute Gasteiger partial charge is 0.480 e. The number of rotatable bonds is 33. The number of carboxylic acid groups (broad SMARTS) is 1. The van der Waals surface area contributed by atoms with Crippen molar-refractivity contribution in [1.82, 2.24) is 42.5 Å². The van der Waals surface area contributed by atoms with Gasteiger partial charge in [0.05, 0.1) is 6.04 Å². The SMILES string of the molecule is CC(C)C[C@H](NC(=O)[C@H](C)N)C(=O)N[C@@H](C)C(=O)N[C@H](C(=O)N[C@@H](CS)C(=O)N[C@@H](CCC(N)=O)C(=O)N[C@@H](CS)C(=O)N[C@@H](CCCN=C(N)N)C(=O)N[C@@H](CCCN=C(N)N)C(=O)O)C(C)C. The summed E-state index contributed by atoms with van der Waals surface area (Å²) in [6, 6.07) is -11.6. The average molecular weight is 1020 g/mol. The van der Waals surface area contributed by atoms with Crippen LogP contribution in [0.1, 0.15) is 86.5 Å². The number of nitrogens with zero attached hydrogens (tertiary/aromatic N) is 2. The lowest BCUT2D eigenvalue weighted by molar-refractivity contribution is -0.142. The summed E-state index contributed by atoms with van der Waals surface area (Å²) in [6.45, 7) is 9.83. The topological polar surface area (TPSA) is 468 Å². The molecule has 0 bridgehead atoms. The molecule has 9 atom stereocenters. The highest BCUT2D eigenvalue weighted by Gasteiger charge is 2.35. The van der Waals surface area contributed by atoms with Crippen LogP contribution in [0.4, 0.5) is 0 Å². The number of aliphatic carboxylic acids is 1. The predicted octanol–water partition coefficient (Wildman–Crippen LogP) is -5.75. The molecule has 0 aromatic rings. The third kappa shape index (κ3) is 25.7. The summed E-state index contributed by atoms with van der Waals surface area (Å²) >= 11 is 8.36. The second kappa shape index (κ2) is 32.6. The maximum Gasteiger partial charge on any atom is 0.326 e. The zero-order valence-corrected chi connectivity index (χ0v) is 41.7. The molecule has 0 saturated heterocycles. The highest BCUT2D eigenvalue weighted by molar-refractivity contribution is 7.80. The summed E-state index contributed by atoms with van der Waals surface area (Å²) in [6.07, 6.45) is -0.413. The number of hydrogen-bond acceptors (Lipinski definition) is 15. The van der Waals surface area contributed by atoms with E-state index in [1.165, 1.54) is 13.8 Å². The standard InChI is InChI=1S/C40H74N16O11S2/c1-18(2)15-25(53-30(58)20(5)41)34(62)49-21(6)31(59)56-29(19(3)4)37(65)55-27(17-69)36(64)51-23(11-12-28(42)57)33(61)54-26(16-68)35(63)50-22(9-7-13-47-39(43)44)32(60)52-24(38(66)67)10-8-14-48-40(45)46/h18-27,29,68-69H,7-17,41H2,1-6H3,(H2,42,57)(H,49,62)(H,50,63)(H,51,64)(H,52,60)(H,53,58)(H,54,61)(H,55,65)(H,56,59)(H,66,67)(H4,43,44,47)(H4,45,46,48)/t20-,21-,22-,23-,24-,25-,26-,27-,29-/m0/s1. The highest BCUT2D eigenvalue weighted by Crippen LogP contribution is 2.09. The second-order valence-electron chi connectivity index (χ2n) is 16.9. The fourth-order valence-electron chi connectivity index (χ4n) is 6.03. The number of carboxylic acids is 1. The van der Waals surface area contributed by atoms with Gasteiger partial charge in [-0.1, -0.05) is 27.7 Å². The Morgan fingerprint density at radius 3 is 1.29 bits per heavy atom. The smallest absolute Gasteiger partial charge is 0.326 e. The molecular formula is C40H74N16O11S2. The molecular weight excluding hydrogens is 945 g/mol. The van der Waals surface area contributed by atoms with Crippen LogP contribution in [0, 0.1) is 11.8 Å².